The van der Waals surface area contributed by atoms with Gasteiger partial charge in [-0.15, -0.1) is 0 Å². The zero-order chi connectivity index (χ0) is 66.2. The van der Waals surface area contributed by atoms with Crippen LogP contribution in [0.2, 0.25) is 0 Å². The van der Waals surface area contributed by atoms with Gasteiger partial charge in [0.25, 0.3) is 0 Å². The summed E-state index contributed by atoms with van der Waals surface area (Å²) in [7, 11) is 0. The minimum Gasteiger partial charge on any atom is -0.462 e. The third-order valence-corrected chi connectivity index (χ3v) is 17.4. The van der Waals surface area contributed by atoms with Crippen LogP contribution in [-0.4, -0.2) is 61.4 Å². The molecule has 0 N–H and O–H groups in total. The van der Waals surface area contributed by atoms with Crippen molar-refractivity contribution in [3.8, 4) is 0 Å². The largest absolute Gasteiger partial charge is 0.462 e. The Labute approximate surface area is 562 Å². The summed E-state index contributed by atoms with van der Waals surface area (Å²) < 4.78 is 28.9. The van der Waals surface area contributed by atoms with E-state index in [1.54, 1.807) is 0 Å². The zero-order valence-corrected chi connectivity index (χ0v) is 60.4. The van der Waals surface area contributed by atoms with Gasteiger partial charge in [-0.05, 0) is 103 Å². The lowest BCUT2D eigenvalue weighted by Gasteiger charge is -2.18. The second-order valence-electron chi connectivity index (χ2n) is 26.6. The normalized spacial score (nSPS) is 12.8. The average Bonchev–Trinajstić information content (AvgIpc) is 3.60. The predicted octanol–water partition coefficient (Wildman–Crippen LogP) is 24.8. The molecule has 0 aliphatic rings. The highest BCUT2D eigenvalue weighted by Crippen LogP contribution is 2.19. The van der Waals surface area contributed by atoms with Crippen molar-refractivity contribution in [1.82, 2.24) is 0 Å². The van der Waals surface area contributed by atoms with E-state index in [2.05, 4.69) is 83.2 Å². The summed E-state index contributed by atoms with van der Waals surface area (Å²) in [6.07, 6.45) is 78.2. The number of rotatable bonds is 71. The molecule has 0 saturated heterocycles. The first kappa shape index (κ1) is 87.3. The van der Waals surface area contributed by atoms with E-state index in [1.807, 2.05) is 0 Å². The quantitative estimate of drug-likeness (QED) is 0.0251. The fraction of sp³-hybridized carbons (Fsp3) is 0.840. The lowest BCUT2D eigenvalue weighted by atomic mass is 10.1. The van der Waals surface area contributed by atoms with E-state index in [-0.39, 0.29) is 61.7 Å². The van der Waals surface area contributed by atoms with Crippen molar-refractivity contribution in [2.45, 2.75) is 425 Å². The second-order valence-corrected chi connectivity index (χ2v) is 26.6. The van der Waals surface area contributed by atoms with Crippen molar-refractivity contribution < 1.29 is 47.7 Å². The van der Waals surface area contributed by atoms with Crippen molar-refractivity contribution in [1.29, 1.82) is 0 Å². The van der Waals surface area contributed by atoms with Gasteiger partial charge >= 0.3 is 29.8 Å². The number of ether oxygens (including phenoxy) is 5. The first-order valence-electron chi connectivity index (χ1n) is 39.2. The van der Waals surface area contributed by atoms with Gasteiger partial charge in [0.05, 0.1) is 0 Å². The van der Waals surface area contributed by atoms with E-state index >= 15 is 0 Å². The van der Waals surface area contributed by atoms with E-state index < -0.39 is 6.10 Å². The summed E-state index contributed by atoms with van der Waals surface area (Å²) in [5.74, 6) is -1.06. The fourth-order valence-corrected chi connectivity index (χ4v) is 11.5. The SMILES string of the molecule is CCCCC/C=C/C/C=C/CCCCCCCC(=O)OC(COC(=O)CCCCCCCCC/C=C\CC(CCCC)OC(=O)CCCCCCCCCCC)COC(=O)CCCCCCCCC/C=C\CC(CCCC)OC(=O)CCCCCCCCCCC. The topological polar surface area (TPSA) is 132 Å². The molecule has 0 heterocycles. The molecule has 0 aliphatic heterocycles. The summed E-state index contributed by atoms with van der Waals surface area (Å²) in [5, 5.41) is 0. The Hall–Kier alpha value is -3.69. The maximum absolute atomic E-state index is 13.0. The minimum absolute atomic E-state index is 0.0159. The monoisotopic (exact) mass is 1280 g/mol. The van der Waals surface area contributed by atoms with Gasteiger partial charge in [0.15, 0.2) is 6.10 Å². The molecule has 0 saturated carbocycles. The maximum Gasteiger partial charge on any atom is 0.306 e. The molecule has 0 aliphatic carbocycles. The second kappa shape index (κ2) is 72.1. The minimum atomic E-state index is -0.832. The number of allylic oxidation sites excluding steroid dienone is 6. The van der Waals surface area contributed by atoms with Crippen molar-refractivity contribution >= 4 is 29.8 Å². The molecule has 10 heteroatoms. The first-order valence-corrected chi connectivity index (χ1v) is 39.2. The highest BCUT2D eigenvalue weighted by molar-refractivity contribution is 5.71. The third-order valence-electron chi connectivity index (χ3n) is 17.4. The van der Waals surface area contributed by atoms with Crippen LogP contribution in [-0.2, 0) is 47.7 Å². The van der Waals surface area contributed by atoms with E-state index in [0.29, 0.717) is 25.7 Å². The molecule has 0 aromatic carbocycles. The summed E-state index contributed by atoms with van der Waals surface area (Å²) in [6.45, 7) is 10.9. The number of esters is 5. The van der Waals surface area contributed by atoms with Gasteiger partial charge in [-0.3, -0.25) is 24.0 Å². The van der Waals surface area contributed by atoms with E-state index in [0.717, 1.165) is 212 Å². The van der Waals surface area contributed by atoms with Gasteiger partial charge < -0.3 is 23.7 Å². The molecule has 0 spiro atoms. The van der Waals surface area contributed by atoms with Gasteiger partial charge in [0, 0.05) is 44.9 Å². The highest BCUT2D eigenvalue weighted by atomic mass is 16.6. The summed E-state index contributed by atoms with van der Waals surface area (Å²) in [6, 6.07) is 0. The molecular weight excluding hydrogens is 1130 g/mol. The zero-order valence-electron chi connectivity index (χ0n) is 60.4. The molecule has 0 radical (unpaired) electrons. The van der Waals surface area contributed by atoms with Gasteiger partial charge in [-0.2, -0.15) is 0 Å². The molecule has 0 amide bonds. The van der Waals surface area contributed by atoms with Crippen LogP contribution in [0, 0.1) is 0 Å². The first-order chi connectivity index (χ1) is 44.7. The average molecular weight is 1280 g/mol. The lowest BCUT2D eigenvalue weighted by Crippen LogP contribution is -2.30. The van der Waals surface area contributed by atoms with Crippen LogP contribution in [0.1, 0.15) is 407 Å². The van der Waals surface area contributed by atoms with E-state index in [9.17, 15) is 24.0 Å². The van der Waals surface area contributed by atoms with Crippen molar-refractivity contribution in [2.24, 2.45) is 0 Å². The molecule has 0 bridgehead atoms. The van der Waals surface area contributed by atoms with Crippen LogP contribution < -0.4 is 0 Å². The number of unbranched alkanes of at least 4 members (excludes halogenated alkanes) is 40. The fourth-order valence-electron chi connectivity index (χ4n) is 11.5. The van der Waals surface area contributed by atoms with E-state index in [4.69, 9.17) is 23.7 Å². The molecule has 2 atom stereocenters. The van der Waals surface area contributed by atoms with Crippen LogP contribution in [0.15, 0.2) is 48.6 Å². The van der Waals surface area contributed by atoms with Gasteiger partial charge in [0.1, 0.15) is 25.4 Å². The van der Waals surface area contributed by atoms with Gasteiger partial charge in [-0.25, -0.2) is 0 Å². The summed E-state index contributed by atoms with van der Waals surface area (Å²) >= 11 is 0. The Kier molecular flexibility index (Phi) is 69.2. The standard InChI is InChI=1S/C81H146O10/c1-6-11-16-19-22-25-26-27-28-29-30-41-48-55-62-71-81(86)91-76(72-87-77(82)67-58-51-44-39-33-31-37-42-49-56-65-74(63-14-9-4)89-79(84)69-60-53-46-35-23-20-17-12-7-2)73-88-78(83)68-59-52-45-40-34-32-38-43-50-57-66-75(64-15-10-5)90-80(85)70-61-54-47-36-24-21-18-13-8-3/h22,25,27-28,49-50,56-57,74-76H,6-21,23-24,26,29-48,51-55,58-73H2,1-5H3/b25-22+,28-27+,56-49-,57-50-. The highest BCUT2D eigenvalue weighted by Gasteiger charge is 2.20. The number of carbonyl (C=O) groups is 5. The smallest absolute Gasteiger partial charge is 0.306 e. The Balaban J connectivity index is 4.67. The molecule has 91 heavy (non-hydrogen) atoms. The summed E-state index contributed by atoms with van der Waals surface area (Å²) in [4.78, 5) is 63.9. The Morgan fingerprint density at radius 2 is 0.473 bits per heavy atom. The van der Waals surface area contributed by atoms with Crippen LogP contribution in [0.4, 0.5) is 0 Å². The molecule has 530 valence electrons. The van der Waals surface area contributed by atoms with E-state index in [1.165, 1.54) is 128 Å². The predicted molar refractivity (Wildman–Crippen MR) is 384 cm³/mol. The van der Waals surface area contributed by atoms with Crippen LogP contribution in [0.3, 0.4) is 0 Å². The Morgan fingerprint density at radius 1 is 0.242 bits per heavy atom. The van der Waals surface area contributed by atoms with Crippen LogP contribution in [0.5, 0.6) is 0 Å². The molecule has 0 aromatic rings. The molecule has 0 rings (SSSR count). The molecular formula is C81H146O10. The van der Waals surface area contributed by atoms with Gasteiger partial charge in [0.2, 0.25) is 0 Å². The van der Waals surface area contributed by atoms with Crippen LogP contribution in [0.25, 0.3) is 0 Å². The molecule has 2 unspecified atom stereocenters. The maximum atomic E-state index is 13.0. The third kappa shape index (κ3) is 67.5. The number of hydrogen-bond acceptors (Lipinski definition) is 10. The number of carbonyl (C=O) groups excluding carboxylic acids is 5. The molecule has 0 aromatic heterocycles. The molecule has 0 fully saturated rings. The molecule has 10 nitrogen and oxygen atoms in total. The van der Waals surface area contributed by atoms with Gasteiger partial charge in [-0.1, -0.05) is 308 Å². The number of hydrogen-bond donors (Lipinski definition) is 0. The lowest BCUT2D eigenvalue weighted by molar-refractivity contribution is -0.167. The van der Waals surface area contributed by atoms with Crippen molar-refractivity contribution in [3.63, 3.8) is 0 Å². The van der Waals surface area contributed by atoms with Crippen molar-refractivity contribution in [2.75, 3.05) is 13.2 Å². The Morgan fingerprint density at radius 3 is 0.780 bits per heavy atom. The van der Waals surface area contributed by atoms with Crippen LogP contribution >= 0.6 is 0 Å². The van der Waals surface area contributed by atoms with Crippen molar-refractivity contribution in [3.05, 3.63) is 48.6 Å². The Bertz CT molecular complexity index is 1640. The summed E-state index contributed by atoms with van der Waals surface area (Å²) in [5.41, 5.74) is 0.